The Morgan fingerprint density at radius 1 is 1.31 bits per heavy atom. The molecule has 1 fully saturated rings. The average molecular weight is 430 g/mol. The Balaban J connectivity index is 1.54. The summed E-state index contributed by atoms with van der Waals surface area (Å²) in [5.41, 5.74) is 0.684. The third-order valence-electron chi connectivity index (χ3n) is 4.37. The molecule has 1 aliphatic rings. The summed E-state index contributed by atoms with van der Waals surface area (Å²) < 4.78 is 25.7. The van der Waals surface area contributed by atoms with E-state index in [2.05, 4.69) is 31.6 Å². The number of aliphatic imine (C=N–C) groups is 1. The predicted octanol–water partition coefficient (Wildman–Crippen LogP) is 3.13. The molecule has 5 nitrogen and oxygen atoms in total. The van der Waals surface area contributed by atoms with Crippen molar-refractivity contribution in [2.75, 3.05) is 46.6 Å². The van der Waals surface area contributed by atoms with Crippen molar-refractivity contribution in [3.8, 4) is 0 Å². The maximum atomic E-state index is 13.7. The van der Waals surface area contributed by atoms with E-state index < -0.39 is 0 Å². The van der Waals surface area contributed by atoms with E-state index in [1.54, 1.807) is 13.1 Å². The smallest absolute Gasteiger partial charge is 0.190 e. The first-order valence-electron chi connectivity index (χ1n) is 9.23. The SMILES string of the molecule is CN=C(NCCCOCC1CCOCC1)NCCc1cc(Br)ccc1F. The van der Waals surface area contributed by atoms with E-state index in [0.29, 0.717) is 24.4 Å². The zero-order chi connectivity index (χ0) is 18.6. The van der Waals surface area contributed by atoms with Crippen LogP contribution in [0.4, 0.5) is 4.39 Å². The Hall–Kier alpha value is -1.18. The Labute approximate surface area is 163 Å². The highest BCUT2D eigenvalue weighted by Gasteiger charge is 2.13. The summed E-state index contributed by atoms with van der Waals surface area (Å²) in [4.78, 5) is 4.19. The Kier molecular flexibility index (Phi) is 9.95. The van der Waals surface area contributed by atoms with Gasteiger partial charge in [0.25, 0.3) is 0 Å². The van der Waals surface area contributed by atoms with Gasteiger partial charge in [0.05, 0.1) is 0 Å². The van der Waals surface area contributed by atoms with Crippen molar-refractivity contribution >= 4 is 21.9 Å². The maximum Gasteiger partial charge on any atom is 0.190 e. The van der Waals surface area contributed by atoms with Crippen LogP contribution in [0, 0.1) is 11.7 Å². The minimum absolute atomic E-state index is 0.181. The lowest BCUT2D eigenvalue weighted by atomic mass is 10.0. The number of rotatable bonds is 9. The van der Waals surface area contributed by atoms with Crippen LogP contribution >= 0.6 is 15.9 Å². The van der Waals surface area contributed by atoms with Gasteiger partial charge >= 0.3 is 0 Å². The van der Waals surface area contributed by atoms with Crippen LogP contribution in [0.25, 0.3) is 0 Å². The molecular weight excluding hydrogens is 401 g/mol. The van der Waals surface area contributed by atoms with Gasteiger partial charge in [-0.05, 0) is 55.4 Å². The van der Waals surface area contributed by atoms with Crippen LogP contribution < -0.4 is 10.6 Å². The predicted molar refractivity (Wildman–Crippen MR) is 106 cm³/mol. The number of ether oxygens (including phenoxy) is 2. The number of nitrogens with zero attached hydrogens (tertiary/aromatic N) is 1. The fourth-order valence-electron chi connectivity index (χ4n) is 2.82. The highest BCUT2D eigenvalue weighted by Crippen LogP contribution is 2.16. The first-order chi connectivity index (χ1) is 12.7. The van der Waals surface area contributed by atoms with Crippen LogP contribution in [0.3, 0.4) is 0 Å². The monoisotopic (exact) mass is 429 g/mol. The van der Waals surface area contributed by atoms with Crippen LogP contribution in [0.2, 0.25) is 0 Å². The minimum Gasteiger partial charge on any atom is -0.381 e. The second-order valence-electron chi connectivity index (χ2n) is 6.40. The van der Waals surface area contributed by atoms with Crippen LogP contribution in [-0.4, -0.2) is 52.5 Å². The number of halogens is 2. The molecule has 1 heterocycles. The molecule has 0 aromatic heterocycles. The van der Waals surface area contributed by atoms with Crippen LogP contribution in [0.1, 0.15) is 24.8 Å². The molecule has 0 atom stereocenters. The van der Waals surface area contributed by atoms with Crippen molar-refractivity contribution in [2.24, 2.45) is 10.9 Å². The van der Waals surface area contributed by atoms with Gasteiger partial charge in [-0.3, -0.25) is 4.99 Å². The largest absolute Gasteiger partial charge is 0.381 e. The molecule has 7 heteroatoms. The zero-order valence-corrected chi connectivity index (χ0v) is 17.0. The molecule has 146 valence electrons. The van der Waals surface area contributed by atoms with E-state index >= 15 is 0 Å². The lowest BCUT2D eigenvalue weighted by Gasteiger charge is -2.21. The molecule has 0 saturated carbocycles. The summed E-state index contributed by atoms with van der Waals surface area (Å²) in [5.74, 6) is 1.19. The van der Waals surface area contributed by atoms with E-state index in [1.165, 1.54) is 6.07 Å². The molecule has 1 aromatic carbocycles. The maximum absolute atomic E-state index is 13.7. The third-order valence-corrected chi connectivity index (χ3v) is 4.86. The molecule has 26 heavy (non-hydrogen) atoms. The van der Waals surface area contributed by atoms with E-state index in [-0.39, 0.29) is 5.82 Å². The van der Waals surface area contributed by atoms with Crippen LogP contribution in [-0.2, 0) is 15.9 Å². The van der Waals surface area contributed by atoms with Gasteiger partial charge in [-0.25, -0.2) is 4.39 Å². The quantitative estimate of drug-likeness (QED) is 0.359. The summed E-state index contributed by atoms with van der Waals surface area (Å²) in [6.07, 6.45) is 3.73. The van der Waals surface area contributed by atoms with Gasteiger partial charge in [0.15, 0.2) is 5.96 Å². The Morgan fingerprint density at radius 2 is 2.08 bits per heavy atom. The van der Waals surface area contributed by atoms with Gasteiger partial charge in [0.2, 0.25) is 0 Å². The highest BCUT2D eigenvalue weighted by atomic mass is 79.9. The fraction of sp³-hybridized carbons (Fsp3) is 0.632. The summed E-state index contributed by atoms with van der Waals surface area (Å²) in [7, 11) is 1.73. The van der Waals surface area contributed by atoms with Gasteiger partial charge in [-0.15, -0.1) is 0 Å². The van der Waals surface area contributed by atoms with Gasteiger partial charge in [0, 0.05) is 51.0 Å². The topological polar surface area (TPSA) is 54.9 Å². The number of hydrogen-bond donors (Lipinski definition) is 2. The molecule has 2 rings (SSSR count). The number of guanidine groups is 1. The molecule has 2 N–H and O–H groups in total. The van der Waals surface area contributed by atoms with Crippen molar-refractivity contribution in [3.63, 3.8) is 0 Å². The van der Waals surface area contributed by atoms with Crippen molar-refractivity contribution in [1.82, 2.24) is 10.6 Å². The molecule has 0 bridgehead atoms. The molecule has 0 unspecified atom stereocenters. The second kappa shape index (κ2) is 12.3. The van der Waals surface area contributed by atoms with Gasteiger partial charge < -0.3 is 20.1 Å². The van der Waals surface area contributed by atoms with Gasteiger partial charge in [-0.2, -0.15) is 0 Å². The summed E-state index contributed by atoms with van der Waals surface area (Å²) in [6, 6.07) is 4.99. The van der Waals surface area contributed by atoms with E-state index in [0.717, 1.165) is 62.7 Å². The van der Waals surface area contributed by atoms with E-state index in [4.69, 9.17) is 9.47 Å². The molecule has 1 saturated heterocycles. The standard InChI is InChI=1S/C19H29BrFN3O2/c1-22-19(24-9-5-16-13-17(20)3-4-18(16)21)23-8-2-10-26-14-15-6-11-25-12-7-15/h3-4,13,15H,2,5-12,14H2,1H3,(H2,22,23,24). The van der Waals surface area contributed by atoms with Crippen molar-refractivity contribution in [3.05, 3.63) is 34.1 Å². The van der Waals surface area contributed by atoms with Crippen molar-refractivity contribution in [1.29, 1.82) is 0 Å². The number of nitrogens with one attached hydrogen (secondary N) is 2. The second-order valence-corrected chi connectivity index (χ2v) is 7.31. The third kappa shape index (κ3) is 8.01. The van der Waals surface area contributed by atoms with E-state index in [9.17, 15) is 4.39 Å². The molecule has 0 radical (unpaired) electrons. The molecule has 0 aliphatic carbocycles. The van der Waals surface area contributed by atoms with Crippen molar-refractivity contribution < 1.29 is 13.9 Å². The molecule has 0 spiro atoms. The highest BCUT2D eigenvalue weighted by molar-refractivity contribution is 9.10. The summed E-state index contributed by atoms with van der Waals surface area (Å²) in [6.45, 7) is 4.70. The Bertz CT molecular complexity index is 566. The van der Waals surface area contributed by atoms with Gasteiger partial charge in [-0.1, -0.05) is 15.9 Å². The lowest BCUT2D eigenvalue weighted by molar-refractivity contribution is 0.0203. The molecule has 1 aliphatic heterocycles. The normalized spacial score (nSPS) is 15.9. The van der Waals surface area contributed by atoms with E-state index in [1.807, 2.05) is 6.07 Å². The summed E-state index contributed by atoms with van der Waals surface area (Å²) >= 11 is 3.37. The summed E-state index contributed by atoms with van der Waals surface area (Å²) in [5, 5.41) is 6.47. The molecule has 1 aromatic rings. The number of benzene rings is 1. The minimum atomic E-state index is -0.181. The van der Waals surface area contributed by atoms with Crippen LogP contribution in [0.15, 0.2) is 27.7 Å². The number of hydrogen-bond acceptors (Lipinski definition) is 3. The Morgan fingerprint density at radius 3 is 2.85 bits per heavy atom. The van der Waals surface area contributed by atoms with Crippen molar-refractivity contribution in [2.45, 2.75) is 25.7 Å². The lowest BCUT2D eigenvalue weighted by Crippen LogP contribution is -2.39. The average Bonchev–Trinajstić information content (AvgIpc) is 2.66. The first-order valence-corrected chi connectivity index (χ1v) is 10.0. The van der Waals surface area contributed by atoms with Gasteiger partial charge in [0.1, 0.15) is 5.82 Å². The molecule has 0 amide bonds. The first kappa shape index (κ1) is 21.1. The van der Waals surface area contributed by atoms with Crippen LogP contribution in [0.5, 0.6) is 0 Å². The fourth-order valence-corrected chi connectivity index (χ4v) is 3.22. The molecular formula is C19H29BrFN3O2. The zero-order valence-electron chi connectivity index (χ0n) is 15.4.